The van der Waals surface area contributed by atoms with Gasteiger partial charge in [-0.2, -0.15) is 0 Å². The molecule has 3 rings (SSSR count). The first-order valence-corrected chi connectivity index (χ1v) is 7.52. The van der Waals surface area contributed by atoms with E-state index in [1.165, 1.54) is 5.01 Å². The predicted octanol–water partition coefficient (Wildman–Crippen LogP) is 1.67. The van der Waals surface area contributed by atoms with Gasteiger partial charge in [-0.3, -0.25) is 15.0 Å². The molecule has 1 aromatic carbocycles. The van der Waals surface area contributed by atoms with E-state index in [9.17, 15) is 9.59 Å². The summed E-state index contributed by atoms with van der Waals surface area (Å²) in [7, 11) is 0. The average molecular weight is 323 g/mol. The molecule has 0 spiro atoms. The third-order valence-corrected chi connectivity index (χ3v) is 3.50. The first-order chi connectivity index (χ1) is 11.5. The van der Waals surface area contributed by atoms with Crippen LogP contribution >= 0.6 is 0 Å². The van der Waals surface area contributed by atoms with Crippen LogP contribution in [0.5, 0.6) is 0 Å². The Kier molecular flexibility index (Phi) is 4.24. The van der Waals surface area contributed by atoms with Crippen LogP contribution in [0, 0.1) is 6.92 Å². The van der Waals surface area contributed by atoms with E-state index in [2.05, 4.69) is 20.7 Å². The second-order valence-corrected chi connectivity index (χ2v) is 5.45. The number of amides is 2. The molecule has 0 fully saturated rings. The SMILES string of the molecule is Cc1ccnc(NC(=O)C2=NC(C)C(=O)N(c3ccccc3)N2)c1. The number of para-hydroxylation sites is 1. The fraction of sp³-hybridized carbons (Fsp3) is 0.176. The Bertz CT molecular complexity index is 804. The zero-order valence-corrected chi connectivity index (χ0v) is 13.4. The number of carbonyl (C=O) groups is 2. The van der Waals surface area contributed by atoms with Gasteiger partial charge in [0.2, 0.25) is 5.84 Å². The average Bonchev–Trinajstić information content (AvgIpc) is 2.58. The van der Waals surface area contributed by atoms with E-state index in [1.807, 2.05) is 31.2 Å². The molecule has 1 aliphatic rings. The number of aromatic nitrogens is 1. The zero-order chi connectivity index (χ0) is 17.1. The summed E-state index contributed by atoms with van der Waals surface area (Å²) >= 11 is 0. The minimum atomic E-state index is -0.655. The van der Waals surface area contributed by atoms with Crippen LogP contribution < -0.4 is 15.8 Å². The number of hydrazine groups is 1. The molecule has 122 valence electrons. The summed E-state index contributed by atoms with van der Waals surface area (Å²) in [6.07, 6.45) is 1.61. The molecular formula is C17H17N5O2. The maximum Gasteiger partial charge on any atom is 0.293 e. The van der Waals surface area contributed by atoms with Crippen molar-refractivity contribution in [2.75, 3.05) is 10.3 Å². The van der Waals surface area contributed by atoms with E-state index in [1.54, 1.807) is 31.3 Å². The minimum Gasteiger partial charge on any atom is -0.304 e. The van der Waals surface area contributed by atoms with Gasteiger partial charge in [0, 0.05) is 6.20 Å². The Hall–Kier alpha value is -3.22. The second kappa shape index (κ2) is 6.49. The number of aliphatic imine (C=N–C) groups is 1. The lowest BCUT2D eigenvalue weighted by molar-refractivity contribution is -0.120. The molecule has 2 amide bonds. The van der Waals surface area contributed by atoms with Gasteiger partial charge < -0.3 is 5.32 Å². The monoisotopic (exact) mass is 323 g/mol. The lowest BCUT2D eigenvalue weighted by Crippen LogP contribution is -2.57. The van der Waals surface area contributed by atoms with Crippen molar-refractivity contribution in [1.82, 2.24) is 10.4 Å². The summed E-state index contributed by atoms with van der Waals surface area (Å²) in [5.74, 6) is -0.186. The second-order valence-electron chi connectivity index (χ2n) is 5.45. The first kappa shape index (κ1) is 15.7. The van der Waals surface area contributed by atoms with Crippen molar-refractivity contribution in [3.8, 4) is 0 Å². The summed E-state index contributed by atoms with van der Waals surface area (Å²) in [5, 5.41) is 4.01. The summed E-state index contributed by atoms with van der Waals surface area (Å²) < 4.78 is 0. The van der Waals surface area contributed by atoms with E-state index >= 15 is 0 Å². The molecule has 1 unspecified atom stereocenters. The summed E-state index contributed by atoms with van der Waals surface area (Å²) in [5.41, 5.74) is 4.40. The number of hydrogen-bond donors (Lipinski definition) is 2. The number of anilines is 2. The molecule has 1 aromatic heterocycles. The highest BCUT2D eigenvalue weighted by molar-refractivity contribution is 6.43. The van der Waals surface area contributed by atoms with Gasteiger partial charge in [0.25, 0.3) is 11.8 Å². The normalized spacial score (nSPS) is 17.1. The number of amidine groups is 1. The molecule has 1 atom stereocenters. The summed E-state index contributed by atoms with van der Waals surface area (Å²) in [6.45, 7) is 3.56. The van der Waals surface area contributed by atoms with Gasteiger partial charge in [-0.15, -0.1) is 0 Å². The molecule has 0 saturated heterocycles. The van der Waals surface area contributed by atoms with E-state index in [-0.39, 0.29) is 11.7 Å². The van der Waals surface area contributed by atoms with Crippen molar-refractivity contribution in [2.24, 2.45) is 4.99 Å². The number of carbonyl (C=O) groups excluding carboxylic acids is 2. The van der Waals surface area contributed by atoms with Crippen LogP contribution in [0.25, 0.3) is 0 Å². The first-order valence-electron chi connectivity index (χ1n) is 7.52. The van der Waals surface area contributed by atoms with Crippen molar-refractivity contribution in [1.29, 1.82) is 0 Å². The van der Waals surface area contributed by atoms with Gasteiger partial charge in [0.05, 0.1) is 5.69 Å². The van der Waals surface area contributed by atoms with Gasteiger partial charge in [-0.05, 0) is 43.7 Å². The van der Waals surface area contributed by atoms with Crippen LogP contribution in [0.4, 0.5) is 11.5 Å². The topological polar surface area (TPSA) is 86.7 Å². The van der Waals surface area contributed by atoms with Crippen LogP contribution in [0.1, 0.15) is 12.5 Å². The van der Waals surface area contributed by atoms with Crippen molar-refractivity contribution in [3.63, 3.8) is 0 Å². The number of pyridine rings is 1. The number of aryl methyl sites for hydroxylation is 1. The standard InChI is InChI=1S/C17H17N5O2/c1-11-8-9-18-14(10-11)20-16(23)15-19-12(2)17(24)22(21-15)13-6-4-3-5-7-13/h3-10,12H,1-2H3,(H,19,21)(H,18,20,23). The van der Waals surface area contributed by atoms with Crippen molar-refractivity contribution < 1.29 is 9.59 Å². The van der Waals surface area contributed by atoms with Gasteiger partial charge in [0.15, 0.2) is 0 Å². The summed E-state index contributed by atoms with van der Waals surface area (Å²) in [4.78, 5) is 33.0. The zero-order valence-electron chi connectivity index (χ0n) is 13.4. The molecule has 0 saturated carbocycles. The maximum atomic E-state index is 12.4. The molecule has 1 aliphatic heterocycles. The number of nitrogens with one attached hydrogen (secondary N) is 2. The highest BCUT2D eigenvalue weighted by Crippen LogP contribution is 2.16. The molecule has 2 N–H and O–H groups in total. The van der Waals surface area contributed by atoms with Gasteiger partial charge >= 0.3 is 0 Å². The summed E-state index contributed by atoms with van der Waals surface area (Å²) in [6, 6.07) is 12.0. The quantitative estimate of drug-likeness (QED) is 0.899. The number of benzene rings is 1. The number of nitrogens with zero attached hydrogens (tertiary/aromatic N) is 3. The van der Waals surface area contributed by atoms with Crippen molar-refractivity contribution in [3.05, 3.63) is 54.2 Å². The molecule has 7 heteroatoms. The van der Waals surface area contributed by atoms with Crippen LogP contribution in [0.3, 0.4) is 0 Å². The van der Waals surface area contributed by atoms with Crippen LogP contribution in [0.2, 0.25) is 0 Å². The van der Waals surface area contributed by atoms with Gasteiger partial charge in [0.1, 0.15) is 11.9 Å². The van der Waals surface area contributed by atoms with E-state index in [4.69, 9.17) is 0 Å². The highest BCUT2D eigenvalue weighted by atomic mass is 16.2. The molecule has 0 aliphatic carbocycles. The molecule has 0 bridgehead atoms. The van der Waals surface area contributed by atoms with E-state index < -0.39 is 11.9 Å². The van der Waals surface area contributed by atoms with E-state index in [0.29, 0.717) is 11.5 Å². The molecule has 2 heterocycles. The Morgan fingerprint density at radius 3 is 2.71 bits per heavy atom. The Balaban J connectivity index is 1.81. The third kappa shape index (κ3) is 3.24. The molecule has 7 nitrogen and oxygen atoms in total. The predicted molar refractivity (Wildman–Crippen MR) is 91.6 cm³/mol. The molecule has 0 radical (unpaired) electrons. The fourth-order valence-electron chi connectivity index (χ4n) is 2.28. The smallest absolute Gasteiger partial charge is 0.293 e. The molecule has 24 heavy (non-hydrogen) atoms. The van der Waals surface area contributed by atoms with Crippen LogP contribution in [0.15, 0.2) is 53.7 Å². The minimum absolute atomic E-state index is 0.0641. The largest absolute Gasteiger partial charge is 0.304 e. The van der Waals surface area contributed by atoms with Gasteiger partial charge in [-0.1, -0.05) is 18.2 Å². The number of hydrogen-bond acceptors (Lipinski definition) is 5. The van der Waals surface area contributed by atoms with Crippen molar-refractivity contribution in [2.45, 2.75) is 19.9 Å². The Morgan fingerprint density at radius 2 is 2.00 bits per heavy atom. The molecular weight excluding hydrogens is 306 g/mol. The number of rotatable bonds is 3. The highest BCUT2D eigenvalue weighted by Gasteiger charge is 2.30. The lowest BCUT2D eigenvalue weighted by atomic mass is 10.2. The molecule has 2 aromatic rings. The van der Waals surface area contributed by atoms with Gasteiger partial charge in [-0.25, -0.2) is 15.0 Å². The van der Waals surface area contributed by atoms with Crippen LogP contribution in [-0.2, 0) is 9.59 Å². The Labute approximate surface area is 139 Å². The van der Waals surface area contributed by atoms with Crippen LogP contribution in [-0.4, -0.2) is 28.7 Å². The van der Waals surface area contributed by atoms with Crippen molar-refractivity contribution >= 4 is 29.2 Å². The third-order valence-electron chi connectivity index (χ3n) is 3.50. The maximum absolute atomic E-state index is 12.4. The fourth-order valence-corrected chi connectivity index (χ4v) is 2.28. The van der Waals surface area contributed by atoms with E-state index in [0.717, 1.165) is 5.56 Å². The lowest BCUT2D eigenvalue weighted by Gasteiger charge is -2.30. The Morgan fingerprint density at radius 1 is 1.25 bits per heavy atom.